The van der Waals surface area contributed by atoms with Crippen LogP contribution in [-0.4, -0.2) is 23.8 Å². The van der Waals surface area contributed by atoms with Gasteiger partial charge in [-0.3, -0.25) is 5.43 Å². The highest BCUT2D eigenvalue weighted by molar-refractivity contribution is 7.14. The average molecular weight is 476 g/mol. The van der Waals surface area contributed by atoms with E-state index in [0.717, 1.165) is 16.8 Å². The van der Waals surface area contributed by atoms with Crippen LogP contribution in [0.15, 0.2) is 77.2 Å². The van der Waals surface area contributed by atoms with Gasteiger partial charge in [-0.05, 0) is 61.9 Å². The highest BCUT2D eigenvalue weighted by Gasteiger charge is 2.13. The van der Waals surface area contributed by atoms with Crippen molar-refractivity contribution in [2.45, 2.75) is 13.8 Å². The van der Waals surface area contributed by atoms with Crippen LogP contribution in [0.1, 0.15) is 28.4 Å². The van der Waals surface area contributed by atoms with Gasteiger partial charge in [-0.1, -0.05) is 29.8 Å². The second kappa shape index (κ2) is 10.7. The lowest BCUT2D eigenvalue weighted by molar-refractivity contribution is 0.0728. The molecule has 4 rings (SSSR count). The highest BCUT2D eigenvalue weighted by Crippen LogP contribution is 2.29. The largest absolute Gasteiger partial charge is 0.490 e. The maximum Gasteiger partial charge on any atom is 0.343 e. The van der Waals surface area contributed by atoms with E-state index < -0.39 is 11.8 Å². The van der Waals surface area contributed by atoms with Gasteiger partial charge in [0.05, 0.1) is 24.1 Å². The number of aryl methyl sites for hydroxylation is 1. The fourth-order valence-electron chi connectivity index (χ4n) is 3.05. The second-order valence-corrected chi connectivity index (χ2v) is 8.17. The fraction of sp³-hybridized carbons (Fsp3) is 0.115. The minimum absolute atomic E-state index is 0.243. The van der Waals surface area contributed by atoms with E-state index in [9.17, 15) is 9.18 Å². The summed E-state index contributed by atoms with van der Waals surface area (Å²) >= 11 is 1.46. The standard InChI is InChI=1S/C26H22FN3O3S/c1-3-32-24-14-18(6-13-23(24)33-25(31)20-9-11-21(27)12-10-20)15-28-30-26-29-22(16-34-26)19-7-4-17(2)5-8-19/h4-16H,3H2,1-2H3,(H,29,30)/b28-15-. The number of nitrogens with one attached hydrogen (secondary N) is 1. The van der Waals surface area contributed by atoms with Crippen molar-refractivity contribution in [2.75, 3.05) is 12.0 Å². The number of hydrogen-bond acceptors (Lipinski definition) is 7. The SMILES string of the molecule is CCOc1cc(/C=N\Nc2nc(-c3ccc(C)cc3)cs2)ccc1OC(=O)c1ccc(F)cc1. The van der Waals surface area contributed by atoms with Crippen molar-refractivity contribution in [3.05, 3.63) is 94.6 Å². The van der Waals surface area contributed by atoms with Gasteiger partial charge in [0, 0.05) is 10.9 Å². The average Bonchev–Trinajstić information content (AvgIpc) is 3.30. The van der Waals surface area contributed by atoms with Crippen LogP contribution < -0.4 is 14.9 Å². The lowest BCUT2D eigenvalue weighted by atomic mass is 10.1. The molecule has 0 atom stereocenters. The minimum Gasteiger partial charge on any atom is -0.490 e. The topological polar surface area (TPSA) is 72.8 Å². The monoisotopic (exact) mass is 475 g/mol. The van der Waals surface area contributed by atoms with Gasteiger partial charge in [0.25, 0.3) is 0 Å². The first kappa shape index (κ1) is 23.1. The molecule has 1 heterocycles. The number of halogens is 1. The highest BCUT2D eigenvalue weighted by atomic mass is 32.1. The minimum atomic E-state index is -0.600. The van der Waals surface area contributed by atoms with E-state index in [-0.39, 0.29) is 11.3 Å². The van der Waals surface area contributed by atoms with Crippen LogP contribution in [0, 0.1) is 12.7 Å². The molecule has 0 unspecified atom stereocenters. The summed E-state index contributed by atoms with van der Waals surface area (Å²) in [7, 11) is 0. The summed E-state index contributed by atoms with van der Waals surface area (Å²) in [5, 5.41) is 6.90. The molecule has 0 aliphatic carbocycles. The van der Waals surface area contributed by atoms with Crippen molar-refractivity contribution < 1.29 is 18.7 Å². The molecule has 0 amide bonds. The predicted octanol–water partition coefficient (Wildman–Crippen LogP) is 6.32. The van der Waals surface area contributed by atoms with Crippen molar-refractivity contribution in [2.24, 2.45) is 5.10 Å². The summed E-state index contributed by atoms with van der Waals surface area (Å²) in [4.78, 5) is 16.9. The second-order valence-electron chi connectivity index (χ2n) is 7.31. The summed E-state index contributed by atoms with van der Waals surface area (Å²) in [5.74, 6) is -0.355. The quantitative estimate of drug-likeness (QED) is 0.140. The summed E-state index contributed by atoms with van der Waals surface area (Å²) in [6.07, 6.45) is 1.63. The zero-order valence-corrected chi connectivity index (χ0v) is 19.4. The fourth-order valence-corrected chi connectivity index (χ4v) is 3.71. The van der Waals surface area contributed by atoms with Gasteiger partial charge < -0.3 is 9.47 Å². The molecule has 34 heavy (non-hydrogen) atoms. The Morgan fingerprint density at radius 1 is 1.09 bits per heavy atom. The number of anilines is 1. The zero-order chi connectivity index (χ0) is 23.9. The maximum atomic E-state index is 13.1. The van der Waals surface area contributed by atoms with Crippen molar-refractivity contribution in [3.63, 3.8) is 0 Å². The van der Waals surface area contributed by atoms with Crippen LogP contribution in [0.3, 0.4) is 0 Å². The lowest BCUT2D eigenvalue weighted by Gasteiger charge is -2.11. The van der Waals surface area contributed by atoms with Crippen LogP contribution in [0.5, 0.6) is 11.5 Å². The van der Waals surface area contributed by atoms with Crippen LogP contribution in [0.25, 0.3) is 11.3 Å². The van der Waals surface area contributed by atoms with Gasteiger partial charge in [0.1, 0.15) is 5.82 Å². The van der Waals surface area contributed by atoms with E-state index in [1.165, 1.54) is 41.2 Å². The molecular weight excluding hydrogens is 453 g/mol. The van der Waals surface area contributed by atoms with Crippen LogP contribution in [0.2, 0.25) is 0 Å². The first-order valence-electron chi connectivity index (χ1n) is 10.6. The van der Waals surface area contributed by atoms with Gasteiger partial charge in [-0.25, -0.2) is 14.2 Å². The van der Waals surface area contributed by atoms with Gasteiger partial charge in [-0.2, -0.15) is 5.10 Å². The van der Waals surface area contributed by atoms with Gasteiger partial charge in [-0.15, -0.1) is 11.3 Å². The molecule has 0 spiro atoms. The molecule has 1 aromatic heterocycles. The Kier molecular flexibility index (Phi) is 7.29. The molecule has 8 heteroatoms. The molecule has 1 N–H and O–H groups in total. The molecule has 4 aromatic rings. The molecule has 0 radical (unpaired) electrons. The summed E-state index contributed by atoms with van der Waals surface area (Å²) in [6, 6.07) is 18.4. The van der Waals surface area contributed by atoms with Crippen LogP contribution >= 0.6 is 11.3 Å². The number of nitrogens with zero attached hydrogens (tertiary/aromatic N) is 2. The molecule has 172 valence electrons. The Hall–Kier alpha value is -4.04. The summed E-state index contributed by atoms with van der Waals surface area (Å²) < 4.78 is 24.2. The Bertz CT molecular complexity index is 1300. The van der Waals surface area contributed by atoms with Gasteiger partial charge in [0.15, 0.2) is 11.5 Å². The number of thiazole rings is 1. The molecule has 0 bridgehead atoms. The Morgan fingerprint density at radius 3 is 2.59 bits per heavy atom. The van der Waals surface area contributed by atoms with Crippen molar-refractivity contribution in [1.82, 2.24) is 4.98 Å². The maximum absolute atomic E-state index is 13.1. The van der Waals surface area contributed by atoms with Crippen LogP contribution in [-0.2, 0) is 0 Å². The smallest absolute Gasteiger partial charge is 0.343 e. The van der Waals surface area contributed by atoms with E-state index >= 15 is 0 Å². The third-order valence-corrected chi connectivity index (χ3v) is 5.52. The molecule has 0 saturated heterocycles. The van der Waals surface area contributed by atoms with E-state index in [2.05, 4.69) is 27.6 Å². The summed E-state index contributed by atoms with van der Waals surface area (Å²) in [6.45, 7) is 4.27. The number of esters is 1. The Balaban J connectivity index is 1.43. The van der Waals surface area contributed by atoms with Crippen molar-refractivity contribution in [3.8, 4) is 22.8 Å². The van der Waals surface area contributed by atoms with Gasteiger partial charge in [0.2, 0.25) is 5.13 Å². The number of benzene rings is 3. The number of hydrazone groups is 1. The molecule has 0 aliphatic rings. The number of aromatic nitrogens is 1. The number of hydrogen-bond donors (Lipinski definition) is 1. The number of carbonyl (C=O) groups is 1. The van der Waals surface area contributed by atoms with E-state index in [4.69, 9.17) is 9.47 Å². The van der Waals surface area contributed by atoms with E-state index in [1.54, 1.807) is 24.4 Å². The zero-order valence-electron chi connectivity index (χ0n) is 18.6. The molecule has 3 aromatic carbocycles. The summed E-state index contributed by atoms with van der Waals surface area (Å²) in [5.41, 5.74) is 7.05. The van der Waals surface area contributed by atoms with Crippen LogP contribution in [0.4, 0.5) is 9.52 Å². The van der Waals surface area contributed by atoms with Crippen molar-refractivity contribution >= 4 is 28.7 Å². The molecule has 0 saturated carbocycles. The molecule has 6 nitrogen and oxygen atoms in total. The first-order valence-corrected chi connectivity index (χ1v) is 11.5. The number of rotatable bonds is 8. The third-order valence-electron chi connectivity index (χ3n) is 4.78. The van der Waals surface area contributed by atoms with E-state index in [0.29, 0.717) is 17.5 Å². The van der Waals surface area contributed by atoms with E-state index in [1.807, 2.05) is 31.4 Å². The lowest BCUT2D eigenvalue weighted by Crippen LogP contribution is -2.10. The molecular formula is C26H22FN3O3S. The molecule has 0 fully saturated rings. The Labute approximate surface area is 200 Å². The first-order chi connectivity index (χ1) is 16.5. The molecule has 0 aliphatic heterocycles. The normalized spacial score (nSPS) is 10.9. The van der Waals surface area contributed by atoms with Gasteiger partial charge >= 0.3 is 5.97 Å². The third kappa shape index (κ3) is 5.85. The Morgan fingerprint density at radius 2 is 1.85 bits per heavy atom. The predicted molar refractivity (Wildman–Crippen MR) is 132 cm³/mol. The number of ether oxygens (including phenoxy) is 2. The number of carbonyl (C=O) groups excluding carboxylic acids is 1. The van der Waals surface area contributed by atoms with Crippen molar-refractivity contribution in [1.29, 1.82) is 0 Å².